The van der Waals surface area contributed by atoms with Crippen LogP contribution in [0.4, 0.5) is 0 Å². The van der Waals surface area contributed by atoms with Crippen molar-refractivity contribution in [3.8, 4) is 0 Å². The molecule has 2 atom stereocenters. The molecule has 19 heavy (non-hydrogen) atoms. The second-order valence-electron chi connectivity index (χ2n) is 4.84. The summed E-state index contributed by atoms with van der Waals surface area (Å²) in [5.74, 6) is -0.333. The molecule has 0 saturated heterocycles. The topological polar surface area (TPSA) is 66.6 Å². The van der Waals surface area contributed by atoms with Crippen molar-refractivity contribution in [2.75, 3.05) is 13.1 Å². The van der Waals surface area contributed by atoms with Crippen LogP contribution in [0.2, 0.25) is 0 Å². The zero-order chi connectivity index (χ0) is 14.4. The minimum atomic E-state index is -0.603. The van der Waals surface area contributed by atoms with E-state index < -0.39 is 6.10 Å². The molecule has 0 aliphatic carbocycles. The molecule has 0 heterocycles. The van der Waals surface area contributed by atoms with Crippen LogP contribution in [-0.2, 0) is 4.79 Å². The van der Waals surface area contributed by atoms with Crippen molar-refractivity contribution in [2.45, 2.75) is 39.3 Å². The number of rotatable bonds is 7. The summed E-state index contributed by atoms with van der Waals surface area (Å²) < 4.78 is 0. The zero-order valence-corrected chi connectivity index (χ0v) is 12.0. The van der Waals surface area contributed by atoms with Crippen molar-refractivity contribution < 1.29 is 9.90 Å². The lowest BCUT2D eigenvalue weighted by molar-refractivity contribution is -0.123. The molecule has 0 aromatic heterocycles. The fraction of sp³-hybridized carbons (Fsp3) is 0.533. The van der Waals surface area contributed by atoms with Crippen LogP contribution in [0.15, 0.2) is 24.3 Å². The standard InChI is InChI=1S/C15H24N2O2/c1-4-13(15(16)19)17(5-2)10-14(18)12-8-6-11(3)7-9-12/h6-9,13-14,18H,4-5,10H2,1-3H3,(H2,16,19). The predicted octanol–water partition coefficient (Wildman–Crippen LogP) is 1.61. The molecule has 0 fully saturated rings. The van der Waals surface area contributed by atoms with Crippen LogP contribution < -0.4 is 5.73 Å². The molecule has 0 spiro atoms. The number of aryl methyl sites for hydroxylation is 1. The molecule has 0 radical (unpaired) electrons. The first kappa shape index (κ1) is 15.7. The molecule has 4 nitrogen and oxygen atoms in total. The molecule has 3 N–H and O–H groups in total. The number of nitrogens with two attached hydrogens (primary N) is 1. The van der Waals surface area contributed by atoms with Crippen molar-refractivity contribution in [1.29, 1.82) is 0 Å². The normalized spacial score (nSPS) is 14.4. The Kier molecular flexibility index (Phi) is 5.99. The van der Waals surface area contributed by atoms with Gasteiger partial charge in [0.15, 0.2) is 0 Å². The average Bonchev–Trinajstić information content (AvgIpc) is 2.38. The highest BCUT2D eigenvalue weighted by molar-refractivity contribution is 5.79. The third-order valence-electron chi connectivity index (χ3n) is 3.43. The summed E-state index contributed by atoms with van der Waals surface area (Å²) in [7, 11) is 0. The van der Waals surface area contributed by atoms with Crippen molar-refractivity contribution in [3.05, 3.63) is 35.4 Å². The lowest BCUT2D eigenvalue weighted by atomic mass is 10.1. The highest BCUT2D eigenvalue weighted by Crippen LogP contribution is 2.17. The Morgan fingerprint density at radius 2 is 1.89 bits per heavy atom. The van der Waals surface area contributed by atoms with Gasteiger partial charge >= 0.3 is 0 Å². The van der Waals surface area contributed by atoms with Crippen molar-refractivity contribution in [1.82, 2.24) is 4.90 Å². The monoisotopic (exact) mass is 264 g/mol. The number of likely N-dealkylation sites (N-methyl/N-ethyl adjacent to an activating group) is 1. The SMILES string of the molecule is CCC(C(N)=O)N(CC)CC(O)c1ccc(C)cc1. The van der Waals surface area contributed by atoms with Gasteiger partial charge in [-0.1, -0.05) is 43.7 Å². The van der Waals surface area contributed by atoms with Gasteiger partial charge in [0.05, 0.1) is 12.1 Å². The zero-order valence-electron chi connectivity index (χ0n) is 12.0. The van der Waals surface area contributed by atoms with Gasteiger partial charge in [-0.25, -0.2) is 0 Å². The minimum Gasteiger partial charge on any atom is -0.387 e. The molecular weight excluding hydrogens is 240 g/mol. The lowest BCUT2D eigenvalue weighted by Crippen LogP contribution is -2.46. The number of benzene rings is 1. The van der Waals surface area contributed by atoms with E-state index in [4.69, 9.17) is 5.73 Å². The number of aliphatic hydroxyl groups is 1. The predicted molar refractivity (Wildman–Crippen MR) is 76.7 cm³/mol. The van der Waals surface area contributed by atoms with E-state index in [2.05, 4.69) is 0 Å². The first-order chi connectivity index (χ1) is 8.99. The molecule has 1 amide bonds. The summed E-state index contributed by atoms with van der Waals surface area (Å²) in [6.07, 6.45) is 0.0537. The Morgan fingerprint density at radius 1 is 1.32 bits per heavy atom. The summed E-state index contributed by atoms with van der Waals surface area (Å²) in [6, 6.07) is 7.46. The number of primary amides is 1. The molecular formula is C15H24N2O2. The smallest absolute Gasteiger partial charge is 0.234 e. The first-order valence-electron chi connectivity index (χ1n) is 6.77. The maximum atomic E-state index is 11.4. The number of amides is 1. The molecule has 0 bridgehead atoms. The third-order valence-corrected chi connectivity index (χ3v) is 3.43. The van der Waals surface area contributed by atoms with E-state index in [1.807, 2.05) is 49.9 Å². The van der Waals surface area contributed by atoms with Crippen LogP contribution in [-0.4, -0.2) is 35.0 Å². The van der Waals surface area contributed by atoms with E-state index in [9.17, 15) is 9.90 Å². The van der Waals surface area contributed by atoms with Gasteiger partial charge in [-0.2, -0.15) is 0 Å². The van der Waals surface area contributed by atoms with Gasteiger partial charge in [-0.15, -0.1) is 0 Å². The Labute approximate surface area is 115 Å². The van der Waals surface area contributed by atoms with Crippen LogP contribution >= 0.6 is 0 Å². The van der Waals surface area contributed by atoms with Crippen LogP contribution in [0.5, 0.6) is 0 Å². The molecule has 4 heteroatoms. The summed E-state index contributed by atoms with van der Waals surface area (Å²) >= 11 is 0. The summed E-state index contributed by atoms with van der Waals surface area (Å²) in [5, 5.41) is 10.2. The Hall–Kier alpha value is -1.39. The molecule has 2 unspecified atom stereocenters. The van der Waals surface area contributed by atoms with Gasteiger partial charge in [-0.3, -0.25) is 9.69 Å². The molecule has 1 aromatic rings. The maximum Gasteiger partial charge on any atom is 0.234 e. The molecule has 106 valence electrons. The largest absolute Gasteiger partial charge is 0.387 e. The van der Waals surface area contributed by atoms with Crippen molar-refractivity contribution in [3.63, 3.8) is 0 Å². The Bertz CT molecular complexity index is 403. The van der Waals surface area contributed by atoms with E-state index in [1.54, 1.807) is 0 Å². The summed E-state index contributed by atoms with van der Waals surface area (Å²) in [4.78, 5) is 13.3. The average molecular weight is 264 g/mol. The van der Waals surface area contributed by atoms with E-state index in [-0.39, 0.29) is 11.9 Å². The van der Waals surface area contributed by atoms with Gasteiger partial charge in [0, 0.05) is 6.54 Å². The Morgan fingerprint density at radius 3 is 2.32 bits per heavy atom. The molecule has 1 rings (SSSR count). The van der Waals surface area contributed by atoms with Gasteiger partial charge in [0.25, 0.3) is 0 Å². The lowest BCUT2D eigenvalue weighted by Gasteiger charge is -2.29. The molecule has 0 aliphatic heterocycles. The van der Waals surface area contributed by atoms with Gasteiger partial charge < -0.3 is 10.8 Å². The van der Waals surface area contributed by atoms with Gasteiger partial charge in [0.2, 0.25) is 5.91 Å². The number of hydrogen-bond donors (Lipinski definition) is 2. The maximum absolute atomic E-state index is 11.4. The second-order valence-corrected chi connectivity index (χ2v) is 4.84. The number of aliphatic hydroxyl groups excluding tert-OH is 1. The van der Waals surface area contributed by atoms with Crippen LogP contribution in [0.25, 0.3) is 0 Å². The molecule has 1 aromatic carbocycles. The van der Waals surface area contributed by atoms with Crippen LogP contribution in [0.1, 0.15) is 37.5 Å². The number of nitrogens with zero attached hydrogens (tertiary/aromatic N) is 1. The Balaban J connectivity index is 2.74. The fourth-order valence-corrected chi connectivity index (χ4v) is 2.23. The number of carbonyl (C=O) groups is 1. The van der Waals surface area contributed by atoms with Gasteiger partial charge in [0.1, 0.15) is 0 Å². The second kappa shape index (κ2) is 7.26. The first-order valence-corrected chi connectivity index (χ1v) is 6.77. The van der Waals surface area contributed by atoms with Crippen molar-refractivity contribution >= 4 is 5.91 Å². The highest BCUT2D eigenvalue weighted by atomic mass is 16.3. The summed E-state index contributed by atoms with van der Waals surface area (Å²) in [6.45, 7) is 7.00. The minimum absolute atomic E-state index is 0.315. The molecule has 0 saturated carbocycles. The third kappa shape index (κ3) is 4.33. The van der Waals surface area contributed by atoms with Crippen molar-refractivity contribution in [2.24, 2.45) is 5.73 Å². The van der Waals surface area contributed by atoms with E-state index in [1.165, 1.54) is 0 Å². The van der Waals surface area contributed by atoms with E-state index in [0.717, 1.165) is 11.1 Å². The van der Waals surface area contributed by atoms with Crippen LogP contribution in [0, 0.1) is 6.92 Å². The summed E-state index contributed by atoms with van der Waals surface area (Å²) in [5.41, 5.74) is 7.42. The fourth-order valence-electron chi connectivity index (χ4n) is 2.23. The van der Waals surface area contributed by atoms with E-state index in [0.29, 0.717) is 19.5 Å². The van der Waals surface area contributed by atoms with E-state index >= 15 is 0 Å². The quantitative estimate of drug-likeness (QED) is 0.786. The molecule has 0 aliphatic rings. The van der Waals surface area contributed by atoms with Crippen LogP contribution in [0.3, 0.4) is 0 Å². The van der Waals surface area contributed by atoms with Gasteiger partial charge in [-0.05, 0) is 25.5 Å². The number of hydrogen-bond acceptors (Lipinski definition) is 3. The highest BCUT2D eigenvalue weighted by Gasteiger charge is 2.23. The number of carbonyl (C=O) groups excluding carboxylic acids is 1.